The number of pyridine rings is 1. The van der Waals surface area contributed by atoms with Gasteiger partial charge in [-0.15, -0.1) is 0 Å². The van der Waals surface area contributed by atoms with Crippen LogP contribution in [0, 0.1) is 6.92 Å². The number of ether oxygens (including phenoxy) is 2. The van der Waals surface area contributed by atoms with E-state index in [0.717, 1.165) is 18.0 Å². The van der Waals surface area contributed by atoms with Crippen molar-refractivity contribution < 1.29 is 9.47 Å². The van der Waals surface area contributed by atoms with E-state index in [-0.39, 0.29) is 6.04 Å². The summed E-state index contributed by atoms with van der Waals surface area (Å²) in [6.45, 7) is 6.31. The summed E-state index contributed by atoms with van der Waals surface area (Å²) in [6, 6.07) is 8.43. The normalized spacial score (nSPS) is 14.8. The molecule has 1 atom stereocenters. The Morgan fingerprint density at radius 2 is 2.00 bits per heavy atom. The second kappa shape index (κ2) is 6.14. The quantitative estimate of drug-likeness (QED) is 0.937. The van der Waals surface area contributed by atoms with Crippen LogP contribution in [-0.4, -0.2) is 18.2 Å². The molecule has 0 bridgehead atoms. The molecule has 110 valence electrons. The van der Waals surface area contributed by atoms with E-state index in [1.807, 2.05) is 18.5 Å². The zero-order chi connectivity index (χ0) is 14.7. The number of benzene rings is 1. The van der Waals surface area contributed by atoms with Crippen LogP contribution < -0.4 is 14.8 Å². The summed E-state index contributed by atoms with van der Waals surface area (Å²) < 4.78 is 11.2. The number of hydrogen-bond acceptors (Lipinski definition) is 4. The third kappa shape index (κ3) is 3.16. The molecule has 1 aromatic heterocycles. The third-order valence-electron chi connectivity index (χ3n) is 3.80. The van der Waals surface area contributed by atoms with Crippen LogP contribution in [0.3, 0.4) is 0 Å². The molecule has 3 rings (SSSR count). The number of nitrogens with zero attached hydrogens (tertiary/aromatic N) is 1. The van der Waals surface area contributed by atoms with Crippen LogP contribution in [0.1, 0.15) is 29.7 Å². The van der Waals surface area contributed by atoms with Crippen molar-refractivity contribution in [2.24, 2.45) is 0 Å². The average Bonchev–Trinajstić information content (AvgIpc) is 2.53. The summed E-state index contributed by atoms with van der Waals surface area (Å²) >= 11 is 0. The second-order valence-electron chi connectivity index (χ2n) is 5.31. The molecule has 4 nitrogen and oxygen atoms in total. The lowest BCUT2D eigenvalue weighted by molar-refractivity contribution is 0.171. The van der Waals surface area contributed by atoms with E-state index in [1.54, 1.807) is 0 Å². The highest BCUT2D eigenvalue weighted by molar-refractivity contribution is 5.44. The molecular formula is C17H20N2O2. The summed E-state index contributed by atoms with van der Waals surface area (Å²) in [5.74, 6) is 1.68. The molecule has 2 aromatic rings. The molecule has 21 heavy (non-hydrogen) atoms. The number of hydrogen-bond donors (Lipinski definition) is 1. The molecule has 0 saturated heterocycles. The minimum Gasteiger partial charge on any atom is -0.486 e. The number of nitrogens with one attached hydrogen (secondary N) is 1. The van der Waals surface area contributed by atoms with Gasteiger partial charge in [0.1, 0.15) is 13.2 Å². The van der Waals surface area contributed by atoms with Crippen molar-refractivity contribution in [2.45, 2.75) is 26.4 Å². The topological polar surface area (TPSA) is 43.4 Å². The summed E-state index contributed by atoms with van der Waals surface area (Å²) in [5.41, 5.74) is 3.68. The van der Waals surface area contributed by atoms with Gasteiger partial charge in [-0.2, -0.15) is 0 Å². The first-order valence-corrected chi connectivity index (χ1v) is 7.26. The van der Waals surface area contributed by atoms with Gasteiger partial charge < -0.3 is 14.8 Å². The van der Waals surface area contributed by atoms with Crippen molar-refractivity contribution in [3.05, 3.63) is 53.3 Å². The molecule has 2 heterocycles. The molecule has 1 unspecified atom stereocenters. The van der Waals surface area contributed by atoms with E-state index < -0.39 is 0 Å². The Kier molecular flexibility index (Phi) is 4.06. The van der Waals surface area contributed by atoms with E-state index in [4.69, 9.17) is 9.47 Å². The number of rotatable bonds is 4. The second-order valence-corrected chi connectivity index (χ2v) is 5.31. The fourth-order valence-electron chi connectivity index (χ4n) is 2.41. The van der Waals surface area contributed by atoms with Crippen LogP contribution in [-0.2, 0) is 6.54 Å². The lowest BCUT2D eigenvalue weighted by atomic mass is 10.1. The summed E-state index contributed by atoms with van der Waals surface area (Å²) in [4.78, 5) is 4.12. The van der Waals surface area contributed by atoms with Crippen LogP contribution in [0.15, 0.2) is 36.7 Å². The van der Waals surface area contributed by atoms with Gasteiger partial charge in [0.05, 0.1) is 0 Å². The molecule has 0 radical (unpaired) electrons. The highest BCUT2D eigenvalue weighted by Gasteiger charge is 2.14. The fraction of sp³-hybridized carbons (Fsp3) is 0.353. The molecule has 0 amide bonds. The van der Waals surface area contributed by atoms with Crippen LogP contribution in [0.2, 0.25) is 0 Å². The molecule has 1 aliphatic heterocycles. The molecule has 0 spiro atoms. The van der Waals surface area contributed by atoms with Gasteiger partial charge in [0.25, 0.3) is 0 Å². The van der Waals surface area contributed by atoms with Gasteiger partial charge in [-0.1, -0.05) is 6.07 Å². The van der Waals surface area contributed by atoms with Crippen LogP contribution in [0.25, 0.3) is 0 Å². The van der Waals surface area contributed by atoms with Gasteiger partial charge in [-0.3, -0.25) is 4.98 Å². The van der Waals surface area contributed by atoms with Gasteiger partial charge in [-0.25, -0.2) is 0 Å². The van der Waals surface area contributed by atoms with Crippen molar-refractivity contribution >= 4 is 0 Å². The summed E-state index contributed by atoms with van der Waals surface area (Å²) in [6.07, 6.45) is 3.73. The predicted molar refractivity (Wildman–Crippen MR) is 81.7 cm³/mol. The minimum atomic E-state index is 0.244. The van der Waals surface area contributed by atoms with Crippen LogP contribution in [0.4, 0.5) is 0 Å². The third-order valence-corrected chi connectivity index (χ3v) is 3.80. The SMILES string of the molecule is Cc1cnccc1CNC(C)c1ccc2c(c1)OCCO2. The van der Waals surface area contributed by atoms with Gasteiger partial charge >= 0.3 is 0 Å². The fourth-order valence-corrected chi connectivity index (χ4v) is 2.41. The average molecular weight is 284 g/mol. The zero-order valence-electron chi connectivity index (χ0n) is 12.4. The van der Waals surface area contributed by atoms with Gasteiger partial charge in [0, 0.05) is 25.0 Å². The number of aromatic nitrogens is 1. The van der Waals surface area contributed by atoms with Gasteiger partial charge in [0.2, 0.25) is 0 Å². The Hall–Kier alpha value is -2.07. The Labute approximate surface area is 125 Å². The monoisotopic (exact) mass is 284 g/mol. The van der Waals surface area contributed by atoms with E-state index in [1.165, 1.54) is 16.7 Å². The van der Waals surface area contributed by atoms with E-state index in [0.29, 0.717) is 13.2 Å². The Bertz CT molecular complexity index is 628. The maximum Gasteiger partial charge on any atom is 0.161 e. The van der Waals surface area contributed by atoms with E-state index in [2.05, 4.69) is 42.3 Å². The molecule has 1 aromatic carbocycles. The summed E-state index contributed by atoms with van der Waals surface area (Å²) in [5, 5.41) is 3.54. The van der Waals surface area contributed by atoms with Crippen LogP contribution >= 0.6 is 0 Å². The first-order chi connectivity index (χ1) is 10.2. The molecule has 1 aliphatic rings. The zero-order valence-corrected chi connectivity index (χ0v) is 12.4. The molecule has 4 heteroatoms. The molecular weight excluding hydrogens is 264 g/mol. The number of aryl methyl sites for hydroxylation is 1. The minimum absolute atomic E-state index is 0.244. The number of fused-ring (bicyclic) bond motifs is 1. The highest BCUT2D eigenvalue weighted by atomic mass is 16.6. The Balaban J connectivity index is 1.68. The Morgan fingerprint density at radius 1 is 1.19 bits per heavy atom. The molecule has 1 N–H and O–H groups in total. The van der Waals surface area contributed by atoms with Crippen molar-refractivity contribution in [1.82, 2.24) is 10.3 Å². The molecule has 0 aliphatic carbocycles. The van der Waals surface area contributed by atoms with Crippen molar-refractivity contribution in [2.75, 3.05) is 13.2 Å². The standard InChI is InChI=1S/C17H20N2O2/c1-12-10-18-6-5-15(12)11-19-13(2)14-3-4-16-17(9-14)21-8-7-20-16/h3-6,9-10,13,19H,7-8,11H2,1-2H3. The molecule has 0 fully saturated rings. The predicted octanol–water partition coefficient (Wildman–Crippen LogP) is 3.01. The van der Waals surface area contributed by atoms with Crippen molar-refractivity contribution in [3.8, 4) is 11.5 Å². The lowest BCUT2D eigenvalue weighted by Gasteiger charge is -2.21. The Morgan fingerprint density at radius 3 is 2.81 bits per heavy atom. The largest absolute Gasteiger partial charge is 0.486 e. The van der Waals surface area contributed by atoms with Crippen molar-refractivity contribution in [1.29, 1.82) is 0 Å². The van der Waals surface area contributed by atoms with Gasteiger partial charge in [-0.05, 0) is 48.7 Å². The smallest absolute Gasteiger partial charge is 0.161 e. The highest BCUT2D eigenvalue weighted by Crippen LogP contribution is 2.32. The molecule has 0 saturated carbocycles. The van der Waals surface area contributed by atoms with Crippen LogP contribution in [0.5, 0.6) is 11.5 Å². The van der Waals surface area contributed by atoms with E-state index >= 15 is 0 Å². The van der Waals surface area contributed by atoms with E-state index in [9.17, 15) is 0 Å². The maximum absolute atomic E-state index is 5.64. The first-order valence-electron chi connectivity index (χ1n) is 7.26. The summed E-state index contributed by atoms with van der Waals surface area (Å²) in [7, 11) is 0. The lowest BCUT2D eigenvalue weighted by Crippen LogP contribution is -2.20. The van der Waals surface area contributed by atoms with Crippen molar-refractivity contribution in [3.63, 3.8) is 0 Å². The van der Waals surface area contributed by atoms with Gasteiger partial charge in [0.15, 0.2) is 11.5 Å². The maximum atomic E-state index is 5.64. The first kappa shape index (κ1) is 13.9.